The van der Waals surface area contributed by atoms with Crippen molar-refractivity contribution in [2.45, 2.75) is 31.3 Å². The maximum absolute atomic E-state index is 13.8. The molecule has 1 aromatic carbocycles. The number of methoxy groups -OCH3 is 1. The number of pyridine rings is 1. The van der Waals surface area contributed by atoms with E-state index >= 15 is 0 Å². The Morgan fingerprint density at radius 1 is 1.09 bits per heavy atom. The molecule has 0 bridgehead atoms. The topological polar surface area (TPSA) is 208 Å². The summed E-state index contributed by atoms with van der Waals surface area (Å²) in [5, 5.41) is 5.76. The summed E-state index contributed by atoms with van der Waals surface area (Å²) < 4.78 is 41.9. The first-order valence-electron chi connectivity index (χ1n) is 12.7. The van der Waals surface area contributed by atoms with E-state index in [2.05, 4.69) is 15.3 Å². The number of likely N-dealkylation sites (N-methyl/N-ethyl adjacent to an activating group) is 1. The van der Waals surface area contributed by atoms with Crippen LogP contribution in [-0.2, 0) is 46.1 Å². The number of nitrogens with one attached hydrogen (secondary N) is 2. The van der Waals surface area contributed by atoms with E-state index in [9.17, 15) is 22.6 Å². The Kier molecular flexibility index (Phi) is 11.3. The van der Waals surface area contributed by atoms with E-state index in [0.717, 1.165) is 21.8 Å². The fourth-order valence-corrected chi connectivity index (χ4v) is 5.57. The van der Waals surface area contributed by atoms with Crippen molar-refractivity contribution < 1.29 is 27.3 Å². The summed E-state index contributed by atoms with van der Waals surface area (Å²) in [5.74, 6) is -0.415. The van der Waals surface area contributed by atoms with Crippen molar-refractivity contribution in [3.63, 3.8) is 0 Å². The molecule has 0 spiro atoms. The lowest BCUT2D eigenvalue weighted by Gasteiger charge is -2.28. The van der Waals surface area contributed by atoms with Gasteiger partial charge >= 0.3 is 6.09 Å². The number of anilines is 1. The third-order valence-electron chi connectivity index (χ3n) is 6.54. The van der Waals surface area contributed by atoms with Crippen LogP contribution in [-0.4, -0.2) is 69.6 Å². The van der Waals surface area contributed by atoms with Gasteiger partial charge in [-0.25, -0.2) is 23.2 Å². The Bertz CT molecular complexity index is 1610. The first kappa shape index (κ1) is 33.1. The number of hydrogen-bond acceptors (Lipinski definition) is 10. The summed E-state index contributed by atoms with van der Waals surface area (Å²) in [6, 6.07) is 8.30. The summed E-state index contributed by atoms with van der Waals surface area (Å²) in [4.78, 5) is 40.4. The minimum atomic E-state index is -4.66. The van der Waals surface area contributed by atoms with E-state index in [1.807, 2.05) is 21.7 Å². The monoisotopic (exact) mass is 630 g/mol. The van der Waals surface area contributed by atoms with Gasteiger partial charge < -0.3 is 25.3 Å². The fourth-order valence-electron chi connectivity index (χ4n) is 4.28. The van der Waals surface area contributed by atoms with Gasteiger partial charge in [-0.05, 0) is 41.8 Å². The normalized spacial score (nSPS) is 12.5. The number of hydrogen-bond donors (Lipinski definition) is 3. The molecule has 0 saturated heterocycles. The van der Waals surface area contributed by atoms with Crippen molar-refractivity contribution in [2.75, 3.05) is 18.9 Å². The van der Waals surface area contributed by atoms with E-state index < -0.39 is 34.4 Å². The zero-order valence-corrected chi connectivity index (χ0v) is 25.8. The molecule has 0 unspecified atom stereocenters. The van der Waals surface area contributed by atoms with Gasteiger partial charge in [-0.1, -0.05) is 12.1 Å². The lowest BCUT2D eigenvalue weighted by atomic mass is 10.0. The summed E-state index contributed by atoms with van der Waals surface area (Å²) >= 11 is 1.45. The van der Waals surface area contributed by atoms with Crippen LogP contribution in [0.2, 0.25) is 0 Å². The van der Waals surface area contributed by atoms with Gasteiger partial charge in [0.05, 0.1) is 30.2 Å². The molecule has 3 aromatic heterocycles. The number of thiazole rings is 1. The molecule has 6 N–H and O–H groups in total. The number of aryl methyl sites for hydroxylation is 1. The molecule has 0 fully saturated rings. The lowest BCUT2D eigenvalue weighted by Crippen LogP contribution is -2.50. The first-order valence-corrected chi connectivity index (χ1v) is 15.0. The number of imidazole rings is 1. The van der Waals surface area contributed by atoms with Gasteiger partial charge in [-0.2, -0.15) is 0 Å². The number of ether oxygens (including phenoxy) is 1. The molecule has 2 atom stereocenters. The van der Waals surface area contributed by atoms with Crippen molar-refractivity contribution in [1.29, 1.82) is 0 Å². The van der Waals surface area contributed by atoms with Crippen LogP contribution in [0.25, 0.3) is 0 Å². The van der Waals surface area contributed by atoms with E-state index in [1.165, 1.54) is 42.5 Å². The molecule has 0 aliphatic heterocycles. The summed E-state index contributed by atoms with van der Waals surface area (Å²) in [7, 11) is -0.0193. The van der Waals surface area contributed by atoms with Gasteiger partial charge in [0.15, 0.2) is 10.3 Å². The quantitative estimate of drug-likeness (QED) is 0.196. The van der Waals surface area contributed by atoms with Crippen molar-refractivity contribution in [1.82, 2.24) is 35.9 Å². The summed E-state index contributed by atoms with van der Waals surface area (Å²) in [6.45, 7) is 0. The Labute approximate surface area is 253 Å². The Balaban J connectivity index is 0.00000506. The van der Waals surface area contributed by atoms with Crippen LogP contribution >= 0.6 is 11.3 Å². The average Bonchev–Trinajstić information content (AvgIpc) is 3.60. The molecule has 16 heteroatoms. The Morgan fingerprint density at radius 2 is 1.77 bits per heavy atom. The highest BCUT2D eigenvalue weighted by Crippen LogP contribution is 2.24. The van der Waals surface area contributed by atoms with Gasteiger partial charge in [0.1, 0.15) is 6.04 Å². The van der Waals surface area contributed by atoms with Crippen molar-refractivity contribution in [3.8, 4) is 0 Å². The molecular formula is C27H34N8O6S2. The van der Waals surface area contributed by atoms with Gasteiger partial charge in [0, 0.05) is 62.3 Å². The third kappa shape index (κ3) is 9.31. The summed E-state index contributed by atoms with van der Waals surface area (Å²) in [6.07, 6.45) is 7.12. The van der Waals surface area contributed by atoms with Crippen LogP contribution in [0.5, 0.6) is 0 Å². The molecule has 14 nitrogen and oxygen atoms in total. The van der Waals surface area contributed by atoms with Gasteiger partial charge in [0.25, 0.3) is 0 Å². The Morgan fingerprint density at radius 3 is 2.37 bits per heavy atom. The second-order valence-corrected chi connectivity index (χ2v) is 11.6. The van der Waals surface area contributed by atoms with Gasteiger partial charge in [-0.3, -0.25) is 19.4 Å². The molecule has 0 aliphatic rings. The smallest absolute Gasteiger partial charge is 0.409 e. The van der Waals surface area contributed by atoms with Crippen LogP contribution in [0.15, 0.2) is 66.7 Å². The van der Waals surface area contributed by atoms with E-state index in [4.69, 9.17) is 9.72 Å². The number of amides is 2. The largest absolute Gasteiger partial charge is 0.731 e. The highest BCUT2D eigenvalue weighted by atomic mass is 32.2. The van der Waals surface area contributed by atoms with E-state index in [-0.39, 0.29) is 18.3 Å². The molecule has 230 valence electrons. The number of carbonyl (C=O) groups is 2. The molecule has 4 aromatic rings. The van der Waals surface area contributed by atoms with Crippen molar-refractivity contribution in [2.24, 2.45) is 7.05 Å². The fraction of sp³-hybridized carbons (Fsp3) is 0.296. The third-order valence-corrected chi connectivity index (χ3v) is 7.89. The van der Waals surface area contributed by atoms with Crippen LogP contribution in [0, 0.1) is 0 Å². The SMILES string of the molecule is COC(=O)N(C)[C@@H](Cc1ccncc1)C(=O)N[C@@H](Cc1ccc(NS(=O)(=O)[O-])cc1)c1csc(Cc2cncn2C)n1.[NH4+]. The zero-order chi connectivity index (χ0) is 30.3. The van der Waals surface area contributed by atoms with E-state index in [1.54, 1.807) is 49.2 Å². The van der Waals surface area contributed by atoms with Crippen LogP contribution in [0.4, 0.5) is 10.5 Å². The second kappa shape index (κ2) is 14.7. The van der Waals surface area contributed by atoms with Gasteiger partial charge in [0.2, 0.25) is 5.91 Å². The van der Waals surface area contributed by atoms with Crippen molar-refractivity contribution >= 4 is 39.3 Å². The maximum atomic E-state index is 13.8. The minimum Gasteiger partial charge on any atom is -0.731 e. The highest BCUT2D eigenvalue weighted by molar-refractivity contribution is 7.87. The summed E-state index contributed by atoms with van der Waals surface area (Å²) in [5.41, 5.74) is 3.28. The molecule has 0 aliphatic carbocycles. The van der Waals surface area contributed by atoms with Crippen LogP contribution in [0.1, 0.15) is 33.6 Å². The maximum Gasteiger partial charge on any atom is 0.409 e. The number of aromatic nitrogens is 4. The standard InChI is InChI=1S/C27H31N7O6S2.H3N/c1-33-17-29-15-21(33)14-25-30-23(16-41-25)22(12-18-4-6-20(7-5-18)32-42(37,38)39)31-26(35)24(34(2)27(36)40-3)13-19-8-10-28-11-9-19;/h4-11,15-17,22,24,32H,12-14H2,1-3H3,(H,31,35)(H,37,38,39);1H3/t22-,24-;/m0./s1. The number of carbonyl (C=O) groups excluding carboxylic acids is 2. The predicted molar refractivity (Wildman–Crippen MR) is 160 cm³/mol. The van der Waals surface area contributed by atoms with Gasteiger partial charge in [-0.15, -0.1) is 11.3 Å². The highest BCUT2D eigenvalue weighted by Gasteiger charge is 2.30. The number of rotatable bonds is 12. The molecule has 4 rings (SSSR count). The second-order valence-electron chi connectivity index (χ2n) is 9.51. The van der Waals surface area contributed by atoms with Crippen LogP contribution < -0.4 is 16.2 Å². The number of benzene rings is 1. The van der Waals surface area contributed by atoms with Crippen LogP contribution in [0.3, 0.4) is 0 Å². The molecular weight excluding hydrogens is 596 g/mol. The number of nitrogens with zero attached hydrogens (tertiary/aromatic N) is 5. The zero-order valence-electron chi connectivity index (χ0n) is 24.1. The molecule has 3 heterocycles. The molecule has 2 amide bonds. The molecule has 0 radical (unpaired) electrons. The molecule has 0 saturated carbocycles. The Hall–Kier alpha value is -4.38. The average molecular weight is 631 g/mol. The molecule has 43 heavy (non-hydrogen) atoms. The lowest BCUT2D eigenvalue weighted by molar-refractivity contribution is -0.126. The van der Waals surface area contributed by atoms with E-state index in [0.29, 0.717) is 18.5 Å². The predicted octanol–water partition coefficient (Wildman–Crippen LogP) is 2.82. The number of quaternary nitrogens is 1. The first-order chi connectivity index (χ1) is 20.0. The van der Waals surface area contributed by atoms with Crippen molar-refractivity contribution in [3.05, 3.63) is 94.2 Å². The minimum absolute atomic E-state index is 0.